The summed E-state index contributed by atoms with van der Waals surface area (Å²) in [5.41, 5.74) is 4.57. The van der Waals surface area contributed by atoms with E-state index in [1.807, 2.05) is 17.0 Å². The number of nitrogens with zero attached hydrogens (tertiary/aromatic N) is 2. The first-order valence-corrected chi connectivity index (χ1v) is 14.2. The number of rotatable bonds is 3. The van der Waals surface area contributed by atoms with Crippen LogP contribution in [0.5, 0.6) is 0 Å². The minimum Gasteiger partial charge on any atom is -0.478 e. The monoisotopic (exact) mass is 528 g/mol. The molecular formula is C33H40N2O4. The molecule has 0 radical (unpaired) electrons. The molecule has 5 rings (SSSR count). The third kappa shape index (κ3) is 6.72. The summed E-state index contributed by atoms with van der Waals surface area (Å²) in [4.78, 5) is 27.6. The number of amides is 1. The van der Waals surface area contributed by atoms with Crippen molar-refractivity contribution < 1.29 is 19.4 Å². The zero-order valence-electron chi connectivity index (χ0n) is 22.8. The molecule has 1 N–H and O–H groups in total. The molecule has 206 valence electrons. The fourth-order valence-corrected chi connectivity index (χ4v) is 6.10. The van der Waals surface area contributed by atoms with Gasteiger partial charge in [0.2, 0.25) is 0 Å². The Balaban J connectivity index is 0.00000172. The molecule has 2 aliphatic heterocycles. The SMILES string of the molecule is C#C.O=C(O)c1ccc2c(C3CCCCC3)c3n(c2c1)C/C(C(=O)N1CCOCC1)=C\C/C=C\CC/C=C\C3. The van der Waals surface area contributed by atoms with E-state index < -0.39 is 5.97 Å². The van der Waals surface area contributed by atoms with Crippen molar-refractivity contribution in [2.75, 3.05) is 26.3 Å². The van der Waals surface area contributed by atoms with Gasteiger partial charge in [0.15, 0.2) is 0 Å². The van der Waals surface area contributed by atoms with Gasteiger partial charge in [0.1, 0.15) is 0 Å². The summed E-state index contributed by atoms with van der Waals surface area (Å²) in [7, 11) is 0. The molecule has 39 heavy (non-hydrogen) atoms. The third-order valence-electron chi connectivity index (χ3n) is 8.02. The molecule has 1 amide bonds. The topological polar surface area (TPSA) is 71.8 Å². The fourth-order valence-electron chi connectivity index (χ4n) is 6.10. The second kappa shape index (κ2) is 14.0. The molecule has 3 heterocycles. The van der Waals surface area contributed by atoms with E-state index in [9.17, 15) is 14.7 Å². The molecule has 0 bridgehead atoms. The Morgan fingerprint density at radius 3 is 2.38 bits per heavy atom. The van der Waals surface area contributed by atoms with Crippen LogP contribution in [0.25, 0.3) is 10.9 Å². The summed E-state index contributed by atoms with van der Waals surface area (Å²) >= 11 is 0. The van der Waals surface area contributed by atoms with E-state index >= 15 is 0 Å². The van der Waals surface area contributed by atoms with Crippen molar-refractivity contribution in [2.45, 2.75) is 70.3 Å². The molecule has 1 aromatic heterocycles. The maximum atomic E-state index is 13.7. The molecule has 1 aliphatic carbocycles. The zero-order chi connectivity index (χ0) is 27.6. The molecule has 1 saturated heterocycles. The Morgan fingerprint density at radius 2 is 1.67 bits per heavy atom. The molecule has 0 unspecified atom stereocenters. The van der Waals surface area contributed by atoms with Crippen molar-refractivity contribution in [3.8, 4) is 12.8 Å². The minimum absolute atomic E-state index is 0.0588. The highest BCUT2D eigenvalue weighted by molar-refractivity contribution is 5.97. The van der Waals surface area contributed by atoms with E-state index in [-0.39, 0.29) is 11.5 Å². The predicted octanol–water partition coefficient (Wildman–Crippen LogP) is 6.26. The number of aromatic carboxylic acids is 1. The standard InChI is InChI=1S/C31H38N2O4.C2H2/c34-30(32-17-19-37-20-18-32)25-13-7-4-2-1-3-5-10-14-27-29(23-11-8-6-9-12-23)26-16-15-24(31(35)36)21-28(26)33(27)22-25;1-2/h2,4-5,10,13,15-16,21,23H,1,3,6-9,11-12,14,17-20,22H2,(H,35,36);1-2H/b4-2-,10-5-,25-13+;. The number of fused-ring (bicyclic) bond motifs is 3. The van der Waals surface area contributed by atoms with Gasteiger partial charge in [0.05, 0.1) is 25.3 Å². The molecule has 1 aromatic carbocycles. The van der Waals surface area contributed by atoms with Gasteiger partial charge in [-0.25, -0.2) is 4.79 Å². The van der Waals surface area contributed by atoms with Crippen LogP contribution in [0.3, 0.4) is 0 Å². The van der Waals surface area contributed by atoms with Crippen molar-refractivity contribution in [1.82, 2.24) is 9.47 Å². The molecule has 3 aliphatic rings. The maximum absolute atomic E-state index is 13.7. The third-order valence-corrected chi connectivity index (χ3v) is 8.02. The van der Waals surface area contributed by atoms with E-state index in [1.165, 1.54) is 30.5 Å². The average Bonchev–Trinajstić information content (AvgIpc) is 3.29. The number of hydrogen-bond acceptors (Lipinski definition) is 3. The van der Waals surface area contributed by atoms with Crippen molar-refractivity contribution in [1.29, 1.82) is 0 Å². The maximum Gasteiger partial charge on any atom is 0.335 e. The van der Waals surface area contributed by atoms with Crippen LogP contribution >= 0.6 is 0 Å². The quantitative estimate of drug-likeness (QED) is 0.377. The van der Waals surface area contributed by atoms with Crippen molar-refractivity contribution in [3.05, 3.63) is 71.0 Å². The number of carbonyl (C=O) groups is 2. The summed E-state index contributed by atoms with van der Waals surface area (Å²) in [5.74, 6) is -0.397. The minimum atomic E-state index is -0.925. The first-order valence-electron chi connectivity index (χ1n) is 14.2. The van der Waals surface area contributed by atoms with Crippen LogP contribution in [-0.4, -0.2) is 52.8 Å². The van der Waals surface area contributed by atoms with Crippen LogP contribution in [-0.2, 0) is 22.5 Å². The van der Waals surface area contributed by atoms with Gasteiger partial charge in [0.25, 0.3) is 5.91 Å². The number of carbonyl (C=O) groups excluding carboxylic acids is 1. The van der Waals surface area contributed by atoms with E-state index in [0.717, 1.165) is 48.6 Å². The Kier molecular flexibility index (Phi) is 10.2. The largest absolute Gasteiger partial charge is 0.478 e. The van der Waals surface area contributed by atoms with Gasteiger partial charge in [-0.05, 0) is 55.7 Å². The van der Waals surface area contributed by atoms with Crippen LogP contribution in [0.4, 0.5) is 0 Å². The van der Waals surface area contributed by atoms with Gasteiger partial charge < -0.3 is 19.3 Å². The van der Waals surface area contributed by atoms with Crippen LogP contribution < -0.4 is 0 Å². The van der Waals surface area contributed by atoms with Gasteiger partial charge in [0, 0.05) is 41.7 Å². The molecule has 0 atom stereocenters. The van der Waals surface area contributed by atoms with Crippen molar-refractivity contribution in [2.24, 2.45) is 0 Å². The first kappa shape index (κ1) is 28.4. The lowest BCUT2D eigenvalue weighted by Gasteiger charge is -2.28. The van der Waals surface area contributed by atoms with Gasteiger partial charge >= 0.3 is 5.97 Å². The number of hydrogen-bond donors (Lipinski definition) is 1. The van der Waals surface area contributed by atoms with Gasteiger partial charge in [-0.3, -0.25) is 4.79 Å². The molecule has 6 nitrogen and oxygen atoms in total. The smallest absolute Gasteiger partial charge is 0.335 e. The van der Waals surface area contributed by atoms with E-state index in [0.29, 0.717) is 45.2 Å². The number of carboxylic acids is 1. The highest BCUT2D eigenvalue weighted by Crippen LogP contribution is 2.41. The summed E-state index contributed by atoms with van der Waals surface area (Å²) in [5, 5.41) is 10.9. The second-order valence-electron chi connectivity index (χ2n) is 10.4. The summed E-state index contributed by atoms with van der Waals surface area (Å²) in [6.45, 7) is 2.78. The van der Waals surface area contributed by atoms with Crippen LogP contribution in [0.1, 0.15) is 78.9 Å². The van der Waals surface area contributed by atoms with E-state index in [1.54, 1.807) is 6.07 Å². The lowest BCUT2D eigenvalue weighted by Crippen LogP contribution is -2.42. The predicted molar refractivity (Wildman–Crippen MR) is 156 cm³/mol. The molecular weight excluding hydrogens is 488 g/mol. The van der Waals surface area contributed by atoms with Crippen LogP contribution in [0.15, 0.2) is 54.2 Å². The molecule has 2 aromatic rings. The Labute approximate surface area is 232 Å². The summed E-state index contributed by atoms with van der Waals surface area (Å²) in [6.07, 6.45) is 28.4. The molecule has 2 fully saturated rings. The highest BCUT2D eigenvalue weighted by atomic mass is 16.5. The lowest BCUT2D eigenvalue weighted by atomic mass is 9.82. The number of terminal acetylenes is 1. The number of carboxylic acid groups (broad SMARTS) is 1. The normalized spacial score (nSPS) is 22.0. The molecule has 0 spiro atoms. The molecule has 1 saturated carbocycles. The van der Waals surface area contributed by atoms with Gasteiger partial charge in [-0.1, -0.05) is 55.7 Å². The van der Waals surface area contributed by atoms with Crippen molar-refractivity contribution >= 4 is 22.8 Å². The number of morpholine rings is 1. The Bertz CT molecular complexity index is 1270. The van der Waals surface area contributed by atoms with Gasteiger partial charge in [-0.15, -0.1) is 12.8 Å². The van der Waals surface area contributed by atoms with Gasteiger partial charge in [-0.2, -0.15) is 0 Å². The van der Waals surface area contributed by atoms with Crippen molar-refractivity contribution in [3.63, 3.8) is 0 Å². The lowest BCUT2D eigenvalue weighted by molar-refractivity contribution is -0.131. The first-order chi connectivity index (χ1) is 19.1. The fraction of sp³-hybridized carbons (Fsp3) is 0.455. The highest BCUT2D eigenvalue weighted by Gasteiger charge is 2.28. The second-order valence-corrected chi connectivity index (χ2v) is 10.4. The average molecular weight is 529 g/mol. The summed E-state index contributed by atoms with van der Waals surface area (Å²) in [6, 6.07) is 5.55. The Morgan fingerprint density at radius 1 is 0.949 bits per heavy atom. The summed E-state index contributed by atoms with van der Waals surface area (Å²) < 4.78 is 7.74. The Hall–Kier alpha value is -3.56. The number of benzene rings is 1. The van der Waals surface area contributed by atoms with Crippen LogP contribution in [0.2, 0.25) is 0 Å². The number of aromatic nitrogens is 1. The van der Waals surface area contributed by atoms with E-state index in [2.05, 4.69) is 47.8 Å². The zero-order valence-corrected chi connectivity index (χ0v) is 22.8. The number of allylic oxidation sites excluding steroid dienone is 5. The van der Waals surface area contributed by atoms with E-state index in [4.69, 9.17) is 4.74 Å². The van der Waals surface area contributed by atoms with Crippen LogP contribution in [0, 0.1) is 12.8 Å². The molecule has 6 heteroatoms. The number of ether oxygens (including phenoxy) is 1.